The Balaban J connectivity index is 1.77. The molecule has 6 nitrogen and oxygen atoms in total. The molecule has 30 heavy (non-hydrogen) atoms. The second-order valence-electron chi connectivity index (χ2n) is 8.78. The second kappa shape index (κ2) is 8.36. The maximum Gasteiger partial charge on any atom is 0.128 e. The van der Waals surface area contributed by atoms with Gasteiger partial charge in [0.05, 0.1) is 35.7 Å². The van der Waals surface area contributed by atoms with E-state index in [4.69, 9.17) is 14.5 Å². The van der Waals surface area contributed by atoms with E-state index in [2.05, 4.69) is 74.8 Å². The Morgan fingerprint density at radius 1 is 1.20 bits per heavy atom. The first kappa shape index (κ1) is 20.8. The summed E-state index contributed by atoms with van der Waals surface area (Å²) in [7, 11) is 0. The molecule has 1 aliphatic rings. The fourth-order valence-electron chi connectivity index (χ4n) is 4.45. The molecule has 1 N–H and O–H groups in total. The molecule has 160 valence electrons. The Kier molecular flexibility index (Phi) is 5.80. The van der Waals surface area contributed by atoms with Crippen molar-refractivity contribution in [2.24, 2.45) is 0 Å². The lowest BCUT2D eigenvalue weighted by Gasteiger charge is -2.35. The van der Waals surface area contributed by atoms with Gasteiger partial charge in [-0.05, 0) is 53.2 Å². The molecule has 0 saturated carbocycles. The van der Waals surface area contributed by atoms with Gasteiger partial charge < -0.3 is 9.47 Å². The minimum Gasteiger partial charge on any atom is -0.491 e. The molecule has 4 rings (SSSR count). The normalized spacial score (nSPS) is 20.2. The minimum atomic E-state index is 0.0896. The zero-order chi connectivity index (χ0) is 21.4. The minimum absolute atomic E-state index is 0.0896. The van der Waals surface area contributed by atoms with E-state index in [-0.39, 0.29) is 18.3 Å². The highest BCUT2D eigenvalue weighted by Crippen LogP contribution is 2.35. The number of hydrogen-bond donors (Lipinski definition) is 1. The van der Waals surface area contributed by atoms with Crippen LogP contribution in [0.3, 0.4) is 0 Å². The number of H-pyrrole nitrogens is 1. The number of morpholine rings is 1. The summed E-state index contributed by atoms with van der Waals surface area (Å²) in [6.07, 6.45) is 2.43. The molecule has 0 radical (unpaired) electrons. The fraction of sp³-hybridized carbons (Fsp3) is 0.500. The van der Waals surface area contributed by atoms with Crippen LogP contribution in [0, 0.1) is 13.8 Å². The van der Waals surface area contributed by atoms with Crippen molar-refractivity contribution in [3.8, 4) is 17.0 Å². The lowest BCUT2D eigenvalue weighted by molar-refractivity contribution is -0.0707. The third kappa shape index (κ3) is 4.20. The van der Waals surface area contributed by atoms with Crippen LogP contribution < -0.4 is 4.74 Å². The number of nitrogens with zero attached hydrogens (tertiary/aromatic N) is 3. The summed E-state index contributed by atoms with van der Waals surface area (Å²) in [4.78, 5) is 7.47. The van der Waals surface area contributed by atoms with Crippen molar-refractivity contribution in [2.75, 3.05) is 13.1 Å². The van der Waals surface area contributed by atoms with Gasteiger partial charge in [0.15, 0.2) is 0 Å². The van der Waals surface area contributed by atoms with Gasteiger partial charge in [-0.1, -0.05) is 6.07 Å². The third-order valence-electron chi connectivity index (χ3n) is 5.62. The van der Waals surface area contributed by atoms with Crippen LogP contribution in [0.2, 0.25) is 0 Å². The smallest absolute Gasteiger partial charge is 0.128 e. The molecule has 2 atom stereocenters. The lowest BCUT2D eigenvalue weighted by atomic mass is 9.99. The lowest BCUT2D eigenvalue weighted by Crippen LogP contribution is -2.45. The Morgan fingerprint density at radius 2 is 1.93 bits per heavy atom. The largest absolute Gasteiger partial charge is 0.491 e. The molecule has 1 aliphatic heterocycles. The highest BCUT2D eigenvalue weighted by atomic mass is 16.5. The summed E-state index contributed by atoms with van der Waals surface area (Å²) in [6, 6.07) is 6.28. The predicted octanol–water partition coefficient (Wildman–Crippen LogP) is 4.64. The quantitative estimate of drug-likeness (QED) is 0.666. The molecule has 0 amide bonds. The van der Waals surface area contributed by atoms with Crippen LogP contribution in [-0.4, -0.2) is 51.5 Å². The van der Waals surface area contributed by atoms with E-state index in [1.54, 1.807) is 0 Å². The van der Waals surface area contributed by atoms with Crippen LogP contribution in [0.15, 0.2) is 24.4 Å². The molecule has 3 heterocycles. The van der Waals surface area contributed by atoms with Crippen LogP contribution >= 0.6 is 0 Å². The number of hydrogen-bond acceptors (Lipinski definition) is 5. The number of benzene rings is 1. The summed E-state index contributed by atoms with van der Waals surface area (Å²) < 4.78 is 12.2. The maximum atomic E-state index is 6.30. The predicted molar refractivity (Wildman–Crippen MR) is 120 cm³/mol. The van der Waals surface area contributed by atoms with E-state index in [9.17, 15) is 0 Å². The molecule has 3 aromatic rings. The highest BCUT2D eigenvalue weighted by Gasteiger charge is 2.25. The topological polar surface area (TPSA) is 63.3 Å². The van der Waals surface area contributed by atoms with E-state index in [0.29, 0.717) is 0 Å². The van der Waals surface area contributed by atoms with Crippen molar-refractivity contribution >= 4 is 10.9 Å². The number of aryl methyl sites for hydroxylation is 2. The summed E-state index contributed by atoms with van der Waals surface area (Å²) in [6.45, 7) is 15.3. The first-order valence-electron chi connectivity index (χ1n) is 10.8. The van der Waals surface area contributed by atoms with Crippen molar-refractivity contribution in [3.05, 3.63) is 41.2 Å². The van der Waals surface area contributed by atoms with Gasteiger partial charge >= 0.3 is 0 Å². The Bertz CT molecular complexity index is 1030. The second-order valence-corrected chi connectivity index (χ2v) is 8.78. The van der Waals surface area contributed by atoms with E-state index >= 15 is 0 Å². The molecule has 0 bridgehead atoms. The molecule has 1 aromatic carbocycles. The van der Waals surface area contributed by atoms with Crippen LogP contribution in [0.5, 0.6) is 5.75 Å². The van der Waals surface area contributed by atoms with E-state index in [0.717, 1.165) is 58.8 Å². The number of aromatic nitrogens is 3. The van der Waals surface area contributed by atoms with E-state index in [1.807, 2.05) is 6.20 Å². The van der Waals surface area contributed by atoms with Gasteiger partial charge in [0.1, 0.15) is 5.75 Å². The molecule has 1 saturated heterocycles. The molecule has 0 unspecified atom stereocenters. The zero-order valence-electron chi connectivity index (χ0n) is 18.8. The molecule has 2 aromatic heterocycles. The van der Waals surface area contributed by atoms with Gasteiger partial charge in [-0.3, -0.25) is 15.0 Å². The first-order chi connectivity index (χ1) is 14.3. The summed E-state index contributed by atoms with van der Waals surface area (Å²) in [5.74, 6) is 0.916. The number of fused-ring (bicyclic) bond motifs is 1. The summed E-state index contributed by atoms with van der Waals surface area (Å²) in [5, 5.41) is 8.38. The molecule has 0 spiro atoms. The number of rotatable bonds is 5. The Labute approximate surface area is 178 Å². The molecule has 6 heteroatoms. The summed E-state index contributed by atoms with van der Waals surface area (Å²) >= 11 is 0. The number of nitrogens with one attached hydrogen (secondary N) is 1. The van der Waals surface area contributed by atoms with Crippen LogP contribution in [-0.2, 0) is 11.3 Å². The number of ether oxygens (including phenoxy) is 2. The van der Waals surface area contributed by atoms with Crippen molar-refractivity contribution < 1.29 is 9.47 Å². The SMILES string of the molecule is Cc1ccc2[nH]ncc2c1-c1cc(OC(C)C)c(CN2C[C@@H](C)O[C@H](C)C2)c(C)n1. The highest BCUT2D eigenvalue weighted by molar-refractivity contribution is 5.95. The fourth-order valence-corrected chi connectivity index (χ4v) is 4.45. The van der Waals surface area contributed by atoms with Crippen molar-refractivity contribution in [1.29, 1.82) is 0 Å². The van der Waals surface area contributed by atoms with Crippen LogP contribution in [0.25, 0.3) is 22.2 Å². The Hall–Kier alpha value is -2.44. The van der Waals surface area contributed by atoms with Gasteiger partial charge in [-0.25, -0.2) is 0 Å². The van der Waals surface area contributed by atoms with Crippen molar-refractivity contribution in [3.63, 3.8) is 0 Å². The standard InChI is InChI=1S/C24H32N4O2/c1-14(2)29-23-9-22(24-15(3)7-8-21-19(24)10-25-27-21)26-18(6)20(23)13-28-11-16(4)30-17(5)12-28/h7-10,14,16-17H,11-13H2,1-6H3,(H,25,27)/t16-,17-/m1/s1. The molecule has 1 fully saturated rings. The van der Waals surface area contributed by atoms with Crippen molar-refractivity contribution in [2.45, 2.75) is 66.4 Å². The average molecular weight is 409 g/mol. The molecule has 0 aliphatic carbocycles. The third-order valence-corrected chi connectivity index (χ3v) is 5.62. The van der Waals surface area contributed by atoms with Gasteiger partial charge in [0.25, 0.3) is 0 Å². The maximum absolute atomic E-state index is 6.30. The zero-order valence-corrected chi connectivity index (χ0v) is 18.8. The van der Waals surface area contributed by atoms with Gasteiger partial charge in [-0.15, -0.1) is 0 Å². The monoisotopic (exact) mass is 408 g/mol. The average Bonchev–Trinajstić information content (AvgIpc) is 3.11. The van der Waals surface area contributed by atoms with E-state index < -0.39 is 0 Å². The molecular formula is C24H32N4O2. The van der Waals surface area contributed by atoms with Crippen LogP contribution in [0.1, 0.15) is 44.5 Å². The van der Waals surface area contributed by atoms with Gasteiger partial charge in [-0.2, -0.15) is 5.10 Å². The molecular weight excluding hydrogens is 376 g/mol. The first-order valence-corrected chi connectivity index (χ1v) is 10.8. The van der Waals surface area contributed by atoms with E-state index in [1.165, 1.54) is 5.56 Å². The van der Waals surface area contributed by atoms with Gasteiger partial charge in [0, 0.05) is 47.9 Å². The van der Waals surface area contributed by atoms with Crippen molar-refractivity contribution in [1.82, 2.24) is 20.1 Å². The number of aromatic amines is 1. The summed E-state index contributed by atoms with van der Waals surface area (Å²) in [5.41, 5.74) is 6.40. The van der Waals surface area contributed by atoms with Crippen LogP contribution in [0.4, 0.5) is 0 Å². The Morgan fingerprint density at radius 3 is 2.63 bits per heavy atom. The number of pyridine rings is 1. The van der Waals surface area contributed by atoms with Gasteiger partial charge in [0.2, 0.25) is 0 Å².